The molecule has 82 valence electrons. The number of para-hydroxylation sites is 1. The predicted molar refractivity (Wildman–Crippen MR) is 63.8 cm³/mol. The average molecular weight is 216 g/mol. The number of nitrogen functional groups attached to an aromatic ring is 1. The molecular formula is C11H12N4O. The number of aromatic nitrogens is 2. The summed E-state index contributed by atoms with van der Waals surface area (Å²) in [5.41, 5.74) is 6.80. The van der Waals surface area contributed by atoms with Crippen LogP contribution >= 0.6 is 0 Å². The summed E-state index contributed by atoms with van der Waals surface area (Å²) in [6.45, 7) is 0. The molecule has 0 aliphatic heterocycles. The van der Waals surface area contributed by atoms with Crippen LogP contribution in [0, 0.1) is 0 Å². The van der Waals surface area contributed by atoms with Crippen molar-refractivity contribution in [2.24, 2.45) is 0 Å². The van der Waals surface area contributed by atoms with Crippen LogP contribution < -0.4 is 16.6 Å². The maximum absolute atomic E-state index is 12.0. The third-order valence-corrected chi connectivity index (χ3v) is 2.26. The first-order valence-electron chi connectivity index (χ1n) is 4.85. The summed E-state index contributed by atoms with van der Waals surface area (Å²) in [6.07, 6.45) is 1.46. The van der Waals surface area contributed by atoms with Gasteiger partial charge in [-0.2, -0.15) is 9.78 Å². The average Bonchev–Trinajstić information content (AvgIpc) is 2.31. The lowest BCUT2D eigenvalue weighted by Crippen LogP contribution is -2.24. The van der Waals surface area contributed by atoms with Gasteiger partial charge in [-0.05, 0) is 12.1 Å². The van der Waals surface area contributed by atoms with E-state index >= 15 is 0 Å². The number of rotatable bonds is 2. The van der Waals surface area contributed by atoms with Gasteiger partial charge in [0, 0.05) is 7.05 Å². The number of nitrogens with two attached hydrogens (primary N) is 1. The van der Waals surface area contributed by atoms with Crippen molar-refractivity contribution in [2.45, 2.75) is 0 Å². The summed E-state index contributed by atoms with van der Waals surface area (Å²) >= 11 is 0. The highest BCUT2D eigenvalue weighted by Crippen LogP contribution is 2.11. The van der Waals surface area contributed by atoms with Crippen LogP contribution in [0.5, 0.6) is 0 Å². The summed E-state index contributed by atoms with van der Waals surface area (Å²) in [7, 11) is 1.66. The molecule has 0 fully saturated rings. The molecule has 5 heteroatoms. The summed E-state index contributed by atoms with van der Waals surface area (Å²) in [4.78, 5) is 12.0. The summed E-state index contributed by atoms with van der Waals surface area (Å²) < 4.78 is 1.31. The lowest BCUT2D eigenvalue weighted by molar-refractivity contribution is 0.811. The van der Waals surface area contributed by atoms with Gasteiger partial charge in [0.25, 0.3) is 5.56 Å². The monoisotopic (exact) mass is 216 g/mol. The highest BCUT2D eigenvalue weighted by molar-refractivity contribution is 5.63. The van der Waals surface area contributed by atoms with E-state index in [1.165, 1.54) is 10.9 Å². The van der Waals surface area contributed by atoms with Crippen molar-refractivity contribution < 1.29 is 0 Å². The molecule has 3 N–H and O–H groups in total. The molecular weight excluding hydrogens is 204 g/mol. The Bertz CT molecular complexity index is 548. The van der Waals surface area contributed by atoms with Gasteiger partial charge in [-0.25, -0.2) is 0 Å². The van der Waals surface area contributed by atoms with Crippen LogP contribution in [-0.4, -0.2) is 16.8 Å². The quantitative estimate of drug-likeness (QED) is 0.780. The molecule has 0 bridgehead atoms. The van der Waals surface area contributed by atoms with E-state index in [0.29, 0.717) is 17.1 Å². The highest BCUT2D eigenvalue weighted by Gasteiger charge is 2.08. The molecule has 2 rings (SSSR count). The maximum Gasteiger partial charge on any atom is 0.296 e. The molecule has 1 heterocycles. The number of anilines is 2. The summed E-state index contributed by atoms with van der Waals surface area (Å²) in [6, 6.07) is 9.19. The second-order valence-corrected chi connectivity index (χ2v) is 3.28. The van der Waals surface area contributed by atoms with Gasteiger partial charge in [0.2, 0.25) is 0 Å². The van der Waals surface area contributed by atoms with E-state index in [9.17, 15) is 4.79 Å². The molecule has 0 radical (unpaired) electrons. The van der Waals surface area contributed by atoms with Crippen LogP contribution in [0.4, 0.5) is 11.4 Å². The minimum absolute atomic E-state index is 0.256. The van der Waals surface area contributed by atoms with E-state index in [0.717, 1.165) is 0 Å². The molecule has 2 aromatic rings. The number of benzene rings is 1. The molecule has 1 aromatic heterocycles. The Morgan fingerprint density at radius 3 is 2.62 bits per heavy atom. The zero-order valence-corrected chi connectivity index (χ0v) is 8.84. The Hall–Kier alpha value is -2.30. The molecule has 0 saturated carbocycles. The zero-order valence-electron chi connectivity index (χ0n) is 8.84. The minimum Gasteiger partial charge on any atom is -0.396 e. The fourth-order valence-corrected chi connectivity index (χ4v) is 1.47. The van der Waals surface area contributed by atoms with E-state index in [1.807, 2.05) is 30.3 Å². The fourth-order valence-electron chi connectivity index (χ4n) is 1.47. The molecule has 0 unspecified atom stereocenters. The normalized spacial score (nSPS) is 10.1. The standard InChI is InChI=1S/C11H12N4O/c1-13-10-9(12)7-14-15(11(10)16)8-5-3-2-4-6-8/h2-7,13H,12H2,1H3. The first-order valence-corrected chi connectivity index (χ1v) is 4.85. The lowest BCUT2D eigenvalue weighted by Gasteiger charge is -2.08. The van der Waals surface area contributed by atoms with Gasteiger partial charge >= 0.3 is 0 Å². The maximum atomic E-state index is 12.0. The second-order valence-electron chi connectivity index (χ2n) is 3.28. The Labute approximate surface area is 92.5 Å². The van der Waals surface area contributed by atoms with Gasteiger partial charge in [-0.15, -0.1) is 0 Å². The number of nitrogens with one attached hydrogen (secondary N) is 1. The molecule has 0 spiro atoms. The summed E-state index contributed by atoms with van der Waals surface area (Å²) in [5.74, 6) is 0. The van der Waals surface area contributed by atoms with E-state index in [2.05, 4.69) is 10.4 Å². The number of hydrogen-bond donors (Lipinski definition) is 2. The Morgan fingerprint density at radius 2 is 2.00 bits per heavy atom. The van der Waals surface area contributed by atoms with Gasteiger partial charge in [-0.1, -0.05) is 18.2 Å². The van der Waals surface area contributed by atoms with Crippen molar-refractivity contribution in [3.8, 4) is 5.69 Å². The zero-order chi connectivity index (χ0) is 11.5. The Kier molecular flexibility index (Phi) is 2.59. The van der Waals surface area contributed by atoms with Crippen molar-refractivity contribution in [3.63, 3.8) is 0 Å². The van der Waals surface area contributed by atoms with Crippen LogP contribution in [0.3, 0.4) is 0 Å². The summed E-state index contributed by atoms with van der Waals surface area (Å²) in [5, 5.41) is 6.77. The smallest absolute Gasteiger partial charge is 0.296 e. The minimum atomic E-state index is -0.256. The van der Waals surface area contributed by atoms with Crippen LogP contribution in [0.15, 0.2) is 41.3 Å². The Balaban J connectivity index is 2.64. The SMILES string of the molecule is CNc1c(N)cnn(-c2ccccc2)c1=O. The van der Waals surface area contributed by atoms with Crippen LogP contribution in [0.25, 0.3) is 5.69 Å². The molecule has 16 heavy (non-hydrogen) atoms. The topological polar surface area (TPSA) is 72.9 Å². The van der Waals surface area contributed by atoms with Crippen molar-refractivity contribution in [1.82, 2.24) is 9.78 Å². The van der Waals surface area contributed by atoms with Crippen molar-refractivity contribution in [3.05, 3.63) is 46.9 Å². The highest BCUT2D eigenvalue weighted by atomic mass is 16.1. The Morgan fingerprint density at radius 1 is 1.31 bits per heavy atom. The van der Waals surface area contributed by atoms with Crippen LogP contribution in [-0.2, 0) is 0 Å². The van der Waals surface area contributed by atoms with Crippen molar-refractivity contribution in [1.29, 1.82) is 0 Å². The molecule has 0 amide bonds. The molecule has 5 nitrogen and oxygen atoms in total. The molecule has 0 atom stereocenters. The van der Waals surface area contributed by atoms with Gasteiger partial charge in [0.1, 0.15) is 5.69 Å². The lowest BCUT2D eigenvalue weighted by atomic mass is 10.3. The van der Waals surface area contributed by atoms with Crippen molar-refractivity contribution >= 4 is 11.4 Å². The third-order valence-electron chi connectivity index (χ3n) is 2.26. The third kappa shape index (κ3) is 1.63. The number of nitrogens with zero attached hydrogens (tertiary/aromatic N) is 2. The van der Waals surface area contributed by atoms with Crippen LogP contribution in [0.1, 0.15) is 0 Å². The number of hydrogen-bond acceptors (Lipinski definition) is 4. The second kappa shape index (κ2) is 4.06. The van der Waals surface area contributed by atoms with E-state index in [1.54, 1.807) is 7.05 Å². The predicted octanol–water partition coefficient (Wildman–Crippen LogP) is 0.856. The van der Waals surface area contributed by atoms with E-state index in [-0.39, 0.29) is 5.56 Å². The largest absolute Gasteiger partial charge is 0.396 e. The first-order chi connectivity index (χ1) is 7.74. The van der Waals surface area contributed by atoms with Crippen LogP contribution in [0.2, 0.25) is 0 Å². The van der Waals surface area contributed by atoms with Gasteiger partial charge in [-0.3, -0.25) is 4.79 Å². The molecule has 1 aromatic carbocycles. The first kappa shape index (κ1) is 10.2. The molecule has 0 aliphatic rings. The molecule has 0 saturated heterocycles. The van der Waals surface area contributed by atoms with Gasteiger partial charge < -0.3 is 11.1 Å². The molecule has 0 aliphatic carbocycles. The van der Waals surface area contributed by atoms with Crippen molar-refractivity contribution in [2.75, 3.05) is 18.1 Å². The van der Waals surface area contributed by atoms with Gasteiger partial charge in [0.15, 0.2) is 0 Å². The van der Waals surface area contributed by atoms with E-state index < -0.39 is 0 Å². The van der Waals surface area contributed by atoms with Gasteiger partial charge in [0.05, 0.1) is 17.6 Å². The fraction of sp³-hybridized carbons (Fsp3) is 0.0909. The van der Waals surface area contributed by atoms with E-state index in [4.69, 9.17) is 5.73 Å².